The van der Waals surface area contributed by atoms with Crippen LogP contribution in [0.3, 0.4) is 0 Å². The van der Waals surface area contributed by atoms with Gasteiger partial charge in [0.2, 0.25) is 5.96 Å². The first kappa shape index (κ1) is 28.4. The highest BCUT2D eigenvalue weighted by Crippen LogP contribution is 2.17. The molecule has 3 aliphatic rings. The molecular weight excluding hydrogens is 436 g/mol. The molecule has 4 rings (SSSR count). The number of allylic oxidation sites excluding steroid dienone is 1. The van der Waals surface area contributed by atoms with Crippen LogP contribution in [0.5, 0.6) is 0 Å². The minimum Gasteiger partial charge on any atom is -0.350 e. The molecule has 0 amide bonds. The highest BCUT2D eigenvalue weighted by atomic mass is 15.3. The van der Waals surface area contributed by atoms with Crippen LogP contribution in [0.1, 0.15) is 46.6 Å². The molecule has 4 bridgehead atoms. The molecule has 3 unspecified atom stereocenters. The van der Waals surface area contributed by atoms with Gasteiger partial charge in [-0.15, -0.1) is 0 Å². The van der Waals surface area contributed by atoms with Crippen molar-refractivity contribution >= 4 is 24.2 Å². The zero-order chi connectivity index (χ0) is 25.6. The fraction of sp³-hybridized carbons (Fsp3) is 0.519. The SMILES string of the molecule is C=NC1=NC(=C)/C(C)=C/NC(C)=NCCCNCN2CCN(Cc3cccc(c3)N1)C(C)C2.CC. The standard InChI is InChI=1S/C25H38N8.C2H6/c1-19-15-29-22(4)28-11-7-10-27-18-32-12-13-33(20(2)16-32)17-23-8-6-9-24(14-23)31-25(26-5)30-21(19)3;1-2/h6,8-9,14-15,20,27H,3,5,7,10-13,16-18H2,1-2,4H3,(H,28,29)(H,30,31);1-2H3/b19-15+;. The average Bonchev–Trinajstić information content (AvgIpc) is 2.86. The molecule has 3 atom stereocenters. The third-order valence-electron chi connectivity index (χ3n) is 5.96. The Bertz CT molecular complexity index is 918. The van der Waals surface area contributed by atoms with Crippen LogP contribution >= 0.6 is 0 Å². The largest absolute Gasteiger partial charge is 0.350 e. The first-order chi connectivity index (χ1) is 16.9. The molecule has 8 heteroatoms. The highest BCUT2D eigenvalue weighted by molar-refractivity contribution is 5.97. The van der Waals surface area contributed by atoms with Crippen molar-refractivity contribution in [2.75, 3.05) is 44.7 Å². The molecule has 1 aromatic rings. The van der Waals surface area contributed by atoms with Crippen molar-refractivity contribution in [3.05, 3.63) is 53.9 Å². The maximum absolute atomic E-state index is 4.60. The van der Waals surface area contributed by atoms with E-state index in [1.54, 1.807) is 0 Å². The van der Waals surface area contributed by atoms with Gasteiger partial charge in [0.15, 0.2) is 0 Å². The Hall–Kier alpha value is -2.81. The molecule has 35 heavy (non-hydrogen) atoms. The van der Waals surface area contributed by atoms with E-state index >= 15 is 0 Å². The summed E-state index contributed by atoms with van der Waals surface area (Å²) < 4.78 is 0. The molecule has 3 heterocycles. The van der Waals surface area contributed by atoms with Crippen molar-refractivity contribution in [3.63, 3.8) is 0 Å². The second-order valence-corrected chi connectivity index (χ2v) is 8.71. The topological polar surface area (TPSA) is 79.6 Å². The number of aliphatic imine (C=N–C) groups is 3. The van der Waals surface area contributed by atoms with Gasteiger partial charge >= 0.3 is 0 Å². The van der Waals surface area contributed by atoms with Gasteiger partial charge in [-0.25, -0.2) is 9.98 Å². The van der Waals surface area contributed by atoms with Crippen LogP contribution in [0, 0.1) is 0 Å². The van der Waals surface area contributed by atoms with Gasteiger partial charge in [-0.2, -0.15) is 0 Å². The van der Waals surface area contributed by atoms with Gasteiger partial charge in [0.05, 0.1) is 11.5 Å². The summed E-state index contributed by atoms with van der Waals surface area (Å²) in [4.78, 5) is 18.2. The lowest BCUT2D eigenvalue weighted by Crippen LogP contribution is -2.53. The van der Waals surface area contributed by atoms with E-state index in [1.165, 1.54) is 5.56 Å². The van der Waals surface area contributed by atoms with Crippen LogP contribution in [0.25, 0.3) is 0 Å². The number of nitrogens with one attached hydrogen (secondary N) is 3. The van der Waals surface area contributed by atoms with Crippen molar-refractivity contribution in [2.24, 2.45) is 15.0 Å². The Balaban J connectivity index is 0.00000210. The highest BCUT2D eigenvalue weighted by Gasteiger charge is 2.23. The number of benzene rings is 1. The number of piperazine rings is 1. The number of rotatable bonds is 0. The summed E-state index contributed by atoms with van der Waals surface area (Å²) >= 11 is 0. The van der Waals surface area contributed by atoms with E-state index < -0.39 is 0 Å². The van der Waals surface area contributed by atoms with Gasteiger partial charge in [-0.1, -0.05) is 32.6 Å². The van der Waals surface area contributed by atoms with E-state index in [1.807, 2.05) is 40.0 Å². The molecule has 1 fully saturated rings. The molecule has 0 aliphatic carbocycles. The Morgan fingerprint density at radius 1 is 1.17 bits per heavy atom. The number of nitrogens with zero attached hydrogens (tertiary/aromatic N) is 5. The predicted octanol–water partition coefficient (Wildman–Crippen LogP) is 4.06. The Labute approximate surface area is 212 Å². The summed E-state index contributed by atoms with van der Waals surface area (Å²) in [6.07, 6.45) is 2.88. The Kier molecular flexibility index (Phi) is 12.4. The summed E-state index contributed by atoms with van der Waals surface area (Å²) in [5.74, 6) is 1.29. The van der Waals surface area contributed by atoms with Crippen LogP contribution in [0.4, 0.5) is 5.69 Å². The fourth-order valence-corrected chi connectivity index (χ4v) is 3.91. The predicted molar refractivity (Wildman–Crippen MR) is 151 cm³/mol. The van der Waals surface area contributed by atoms with E-state index in [0.717, 1.165) is 69.5 Å². The maximum atomic E-state index is 4.60. The third-order valence-corrected chi connectivity index (χ3v) is 5.96. The molecule has 3 aliphatic heterocycles. The monoisotopic (exact) mass is 480 g/mol. The fourth-order valence-electron chi connectivity index (χ4n) is 3.91. The zero-order valence-electron chi connectivity index (χ0n) is 22.3. The molecular formula is C27H44N8. The summed E-state index contributed by atoms with van der Waals surface area (Å²) in [5, 5.41) is 10.1. The quantitative estimate of drug-likeness (QED) is 0.488. The van der Waals surface area contributed by atoms with E-state index in [4.69, 9.17) is 0 Å². The number of hydrogen-bond donors (Lipinski definition) is 3. The van der Waals surface area contributed by atoms with Crippen molar-refractivity contribution < 1.29 is 0 Å². The number of fused-ring (bicyclic) bond motifs is 12. The average molecular weight is 481 g/mol. The summed E-state index contributed by atoms with van der Waals surface area (Å²) in [5.41, 5.74) is 3.71. The van der Waals surface area contributed by atoms with E-state index in [-0.39, 0.29) is 0 Å². The van der Waals surface area contributed by atoms with Crippen molar-refractivity contribution in [2.45, 2.75) is 53.6 Å². The van der Waals surface area contributed by atoms with E-state index in [0.29, 0.717) is 17.7 Å². The first-order valence-corrected chi connectivity index (χ1v) is 12.7. The molecule has 1 aromatic carbocycles. The number of hydrogen-bond acceptors (Lipinski definition) is 8. The smallest absolute Gasteiger partial charge is 0.227 e. The summed E-state index contributed by atoms with van der Waals surface area (Å²) in [7, 11) is 0. The van der Waals surface area contributed by atoms with Crippen LogP contribution < -0.4 is 16.0 Å². The van der Waals surface area contributed by atoms with Crippen LogP contribution in [0.2, 0.25) is 0 Å². The van der Waals surface area contributed by atoms with Gasteiger partial charge < -0.3 is 16.0 Å². The van der Waals surface area contributed by atoms with Gasteiger partial charge in [0.1, 0.15) is 0 Å². The second-order valence-electron chi connectivity index (χ2n) is 8.71. The number of guanidine groups is 1. The van der Waals surface area contributed by atoms with Crippen molar-refractivity contribution in [3.8, 4) is 0 Å². The van der Waals surface area contributed by atoms with Gasteiger partial charge in [-0.3, -0.25) is 14.8 Å². The first-order valence-electron chi connectivity index (χ1n) is 12.7. The summed E-state index contributed by atoms with van der Waals surface area (Å²) in [6.45, 7) is 24.8. The minimum atomic E-state index is 0.423. The van der Waals surface area contributed by atoms with Crippen molar-refractivity contribution in [1.29, 1.82) is 0 Å². The molecule has 1 saturated heterocycles. The molecule has 3 N–H and O–H groups in total. The zero-order valence-corrected chi connectivity index (χ0v) is 22.3. The number of amidine groups is 1. The normalized spacial score (nSPS) is 26.0. The lowest BCUT2D eigenvalue weighted by molar-refractivity contribution is 0.0728. The molecule has 0 spiro atoms. The Morgan fingerprint density at radius 2 is 1.97 bits per heavy atom. The van der Waals surface area contributed by atoms with Gasteiger partial charge in [-0.05, 0) is 63.7 Å². The lowest BCUT2D eigenvalue weighted by Gasteiger charge is -2.40. The van der Waals surface area contributed by atoms with Gasteiger partial charge in [0.25, 0.3) is 0 Å². The molecule has 0 radical (unpaired) electrons. The molecule has 192 valence electrons. The minimum absolute atomic E-state index is 0.423. The molecule has 0 aromatic heterocycles. The molecule has 0 saturated carbocycles. The molecule has 8 nitrogen and oxygen atoms in total. The summed E-state index contributed by atoms with van der Waals surface area (Å²) in [6, 6.07) is 8.90. The van der Waals surface area contributed by atoms with Crippen LogP contribution in [-0.2, 0) is 6.54 Å². The number of anilines is 1. The maximum Gasteiger partial charge on any atom is 0.227 e. The second kappa shape index (κ2) is 15.2. The van der Waals surface area contributed by atoms with Crippen molar-refractivity contribution in [1.82, 2.24) is 20.4 Å². The lowest BCUT2D eigenvalue weighted by atomic mass is 10.1. The Morgan fingerprint density at radius 3 is 2.71 bits per heavy atom. The van der Waals surface area contributed by atoms with Gasteiger partial charge in [0, 0.05) is 57.3 Å². The van der Waals surface area contributed by atoms with E-state index in [2.05, 4.69) is 79.1 Å². The van der Waals surface area contributed by atoms with Crippen LogP contribution in [-0.4, -0.2) is 73.7 Å². The van der Waals surface area contributed by atoms with E-state index in [9.17, 15) is 0 Å². The van der Waals surface area contributed by atoms with Crippen LogP contribution in [0.15, 0.2) is 63.3 Å². The third kappa shape index (κ3) is 9.76.